The average molecular weight is 397 g/mol. The van der Waals surface area contributed by atoms with Crippen molar-refractivity contribution >= 4 is 10.8 Å². The van der Waals surface area contributed by atoms with Crippen molar-refractivity contribution in [3.8, 4) is 11.5 Å². The molecular formula is C28H28O2. The van der Waals surface area contributed by atoms with Gasteiger partial charge in [-0.05, 0) is 53.1 Å². The number of aryl methyl sites for hydroxylation is 1. The standard InChI is InChI=1S/C28H28O2/c1-21-12-13-24-18-25(15-14-23(24)16-21)28(2,3)20-29-19-22-8-7-11-27(17-22)30-26-9-5-4-6-10-26/h4-18H,19-20H2,1-3H3. The number of ether oxygens (including phenoxy) is 2. The first-order chi connectivity index (χ1) is 14.5. The third-order valence-electron chi connectivity index (χ3n) is 5.39. The molecule has 0 saturated heterocycles. The van der Waals surface area contributed by atoms with Crippen LogP contribution in [0.1, 0.15) is 30.5 Å². The van der Waals surface area contributed by atoms with E-state index < -0.39 is 0 Å². The molecule has 0 fully saturated rings. The van der Waals surface area contributed by atoms with Crippen LogP contribution in [0.15, 0.2) is 91.0 Å². The quantitative estimate of drug-likeness (QED) is 0.323. The van der Waals surface area contributed by atoms with E-state index in [0.717, 1.165) is 17.1 Å². The first-order valence-electron chi connectivity index (χ1n) is 10.4. The van der Waals surface area contributed by atoms with Crippen molar-refractivity contribution in [3.63, 3.8) is 0 Å². The van der Waals surface area contributed by atoms with Gasteiger partial charge in [0.25, 0.3) is 0 Å². The molecule has 0 heterocycles. The first-order valence-corrected chi connectivity index (χ1v) is 10.4. The molecule has 0 spiro atoms. The van der Waals surface area contributed by atoms with Gasteiger partial charge in [-0.15, -0.1) is 0 Å². The number of benzene rings is 4. The van der Waals surface area contributed by atoms with E-state index in [1.165, 1.54) is 21.9 Å². The lowest BCUT2D eigenvalue weighted by atomic mass is 9.84. The van der Waals surface area contributed by atoms with Gasteiger partial charge in [0.1, 0.15) is 11.5 Å². The molecule has 0 aliphatic rings. The van der Waals surface area contributed by atoms with Gasteiger partial charge >= 0.3 is 0 Å². The first kappa shape index (κ1) is 20.2. The van der Waals surface area contributed by atoms with Gasteiger partial charge in [0.05, 0.1) is 13.2 Å². The highest BCUT2D eigenvalue weighted by Crippen LogP contribution is 2.28. The fourth-order valence-electron chi connectivity index (χ4n) is 3.62. The molecule has 4 aromatic rings. The summed E-state index contributed by atoms with van der Waals surface area (Å²) in [6, 6.07) is 31.2. The Morgan fingerprint density at radius 3 is 2.27 bits per heavy atom. The summed E-state index contributed by atoms with van der Waals surface area (Å²) in [5, 5.41) is 2.56. The lowest BCUT2D eigenvalue weighted by Crippen LogP contribution is -2.24. The van der Waals surface area contributed by atoms with Crippen LogP contribution in [-0.2, 0) is 16.8 Å². The Bertz CT molecular complexity index is 1130. The van der Waals surface area contributed by atoms with Crippen LogP contribution < -0.4 is 4.74 Å². The van der Waals surface area contributed by atoms with Crippen LogP contribution in [0.5, 0.6) is 11.5 Å². The second-order valence-electron chi connectivity index (χ2n) is 8.50. The van der Waals surface area contributed by atoms with Gasteiger partial charge in [-0.1, -0.05) is 86.1 Å². The zero-order valence-electron chi connectivity index (χ0n) is 17.9. The Balaban J connectivity index is 1.39. The van der Waals surface area contributed by atoms with Crippen LogP contribution in [0, 0.1) is 6.92 Å². The summed E-state index contributed by atoms with van der Waals surface area (Å²) < 4.78 is 12.0. The van der Waals surface area contributed by atoms with Gasteiger partial charge in [-0.25, -0.2) is 0 Å². The van der Waals surface area contributed by atoms with Crippen LogP contribution >= 0.6 is 0 Å². The molecule has 0 atom stereocenters. The van der Waals surface area contributed by atoms with E-state index >= 15 is 0 Å². The van der Waals surface area contributed by atoms with Crippen LogP contribution in [0.2, 0.25) is 0 Å². The Kier molecular flexibility index (Phi) is 5.87. The summed E-state index contributed by atoms with van der Waals surface area (Å²) >= 11 is 0. The molecule has 152 valence electrons. The van der Waals surface area contributed by atoms with Crippen molar-refractivity contribution in [1.29, 1.82) is 0 Å². The molecule has 30 heavy (non-hydrogen) atoms. The molecule has 0 aliphatic heterocycles. The predicted octanol–water partition coefficient (Wildman–Crippen LogP) is 7.43. The van der Waals surface area contributed by atoms with Crippen molar-refractivity contribution in [2.24, 2.45) is 0 Å². The Morgan fingerprint density at radius 2 is 1.43 bits per heavy atom. The van der Waals surface area contributed by atoms with E-state index in [9.17, 15) is 0 Å². The zero-order valence-corrected chi connectivity index (χ0v) is 17.9. The highest BCUT2D eigenvalue weighted by molar-refractivity contribution is 5.84. The molecule has 0 N–H and O–H groups in total. The molecule has 0 unspecified atom stereocenters. The summed E-state index contributed by atoms with van der Waals surface area (Å²) in [5.74, 6) is 1.66. The van der Waals surface area contributed by atoms with Crippen LogP contribution in [0.25, 0.3) is 10.8 Å². The van der Waals surface area contributed by atoms with Gasteiger partial charge in [0, 0.05) is 5.41 Å². The second kappa shape index (κ2) is 8.73. The summed E-state index contributed by atoms with van der Waals surface area (Å²) in [5.41, 5.74) is 3.61. The van der Waals surface area contributed by atoms with Gasteiger partial charge in [0.15, 0.2) is 0 Å². The molecule has 2 nitrogen and oxygen atoms in total. The second-order valence-corrected chi connectivity index (χ2v) is 8.50. The number of fused-ring (bicyclic) bond motifs is 1. The molecule has 0 amide bonds. The van der Waals surface area contributed by atoms with Crippen molar-refractivity contribution in [3.05, 3.63) is 108 Å². The Morgan fingerprint density at radius 1 is 0.700 bits per heavy atom. The average Bonchev–Trinajstić information content (AvgIpc) is 2.74. The van der Waals surface area contributed by atoms with Gasteiger partial charge < -0.3 is 9.47 Å². The predicted molar refractivity (Wildman–Crippen MR) is 124 cm³/mol. The third-order valence-corrected chi connectivity index (χ3v) is 5.39. The fourth-order valence-corrected chi connectivity index (χ4v) is 3.62. The Hall–Kier alpha value is -3.10. The van der Waals surface area contributed by atoms with Crippen molar-refractivity contribution in [2.45, 2.75) is 32.8 Å². The fraction of sp³-hybridized carbons (Fsp3) is 0.214. The highest BCUT2D eigenvalue weighted by atomic mass is 16.5. The lowest BCUT2D eigenvalue weighted by molar-refractivity contribution is 0.0824. The maximum atomic E-state index is 6.12. The van der Waals surface area contributed by atoms with Gasteiger partial charge in [-0.3, -0.25) is 0 Å². The summed E-state index contributed by atoms with van der Waals surface area (Å²) in [7, 11) is 0. The smallest absolute Gasteiger partial charge is 0.127 e. The zero-order chi connectivity index (χ0) is 21.0. The van der Waals surface area contributed by atoms with Gasteiger partial charge in [0.2, 0.25) is 0 Å². The van der Waals surface area contributed by atoms with Crippen LogP contribution in [0.4, 0.5) is 0 Å². The van der Waals surface area contributed by atoms with E-state index in [0.29, 0.717) is 13.2 Å². The minimum atomic E-state index is -0.0722. The van der Waals surface area contributed by atoms with E-state index in [-0.39, 0.29) is 5.41 Å². The highest BCUT2D eigenvalue weighted by Gasteiger charge is 2.21. The topological polar surface area (TPSA) is 18.5 Å². The van der Waals surface area contributed by atoms with E-state index in [2.05, 4.69) is 63.2 Å². The number of hydrogen-bond donors (Lipinski definition) is 0. The van der Waals surface area contributed by atoms with E-state index in [1.54, 1.807) is 0 Å². The molecule has 0 bridgehead atoms. The van der Waals surface area contributed by atoms with Crippen LogP contribution in [-0.4, -0.2) is 6.61 Å². The minimum absolute atomic E-state index is 0.0722. The van der Waals surface area contributed by atoms with Crippen molar-refractivity contribution in [1.82, 2.24) is 0 Å². The maximum Gasteiger partial charge on any atom is 0.127 e. The maximum absolute atomic E-state index is 6.12. The van der Waals surface area contributed by atoms with Crippen LogP contribution in [0.3, 0.4) is 0 Å². The van der Waals surface area contributed by atoms with E-state index in [1.807, 2.05) is 48.5 Å². The molecule has 0 saturated carbocycles. The third kappa shape index (κ3) is 4.90. The molecule has 0 radical (unpaired) electrons. The Labute approximate surface area is 179 Å². The van der Waals surface area contributed by atoms with Crippen molar-refractivity contribution < 1.29 is 9.47 Å². The molecule has 2 heteroatoms. The normalized spacial score (nSPS) is 11.6. The molecule has 4 rings (SSSR count). The summed E-state index contributed by atoms with van der Waals surface area (Å²) in [6.45, 7) is 7.80. The van der Waals surface area contributed by atoms with Gasteiger partial charge in [-0.2, -0.15) is 0 Å². The number of hydrogen-bond acceptors (Lipinski definition) is 2. The largest absolute Gasteiger partial charge is 0.457 e. The molecule has 0 aromatic heterocycles. The van der Waals surface area contributed by atoms with E-state index in [4.69, 9.17) is 9.47 Å². The SMILES string of the molecule is Cc1ccc2cc(C(C)(C)COCc3cccc(Oc4ccccc4)c3)ccc2c1. The molecular weight excluding hydrogens is 368 g/mol. The number of para-hydroxylation sites is 1. The monoisotopic (exact) mass is 396 g/mol. The number of rotatable bonds is 7. The molecule has 0 aliphatic carbocycles. The lowest BCUT2D eigenvalue weighted by Gasteiger charge is -2.25. The minimum Gasteiger partial charge on any atom is -0.457 e. The van der Waals surface area contributed by atoms with Crippen molar-refractivity contribution in [2.75, 3.05) is 6.61 Å². The summed E-state index contributed by atoms with van der Waals surface area (Å²) in [4.78, 5) is 0. The molecule has 4 aromatic carbocycles. The summed E-state index contributed by atoms with van der Waals surface area (Å²) in [6.07, 6.45) is 0.